The van der Waals surface area contributed by atoms with Gasteiger partial charge in [-0.1, -0.05) is 6.92 Å². The van der Waals surface area contributed by atoms with Crippen LogP contribution in [0.2, 0.25) is 0 Å². The molecule has 0 aromatic carbocycles. The van der Waals surface area contributed by atoms with Gasteiger partial charge in [0.1, 0.15) is 0 Å². The molecule has 0 aromatic heterocycles. The highest BCUT2D eigenvalue weighted by molar-refractivity contribution is 7.93. The van der Waals surface area contributed by atoms with Crippen LogP contribution in [-0.2, 0) is 10.0 Å². The summed E-state index contributed by atoms with van der Waals surface area (Å²) in [4.78, 5) is 2.72. The Morgan fingerprint density at radius 3 is 2.54 bits per heavy atom. The van der Waals surface area contributed by atoms with Gasteiger partial charge in [0.15, 0.2) is 0 Å². The van der Waals surface area contributed by atoms with Crippen molar-refractivity contribution < 1.29 is 8.42 Å². The van der Waals surface area contributed by atoms with Gasteiger partial charge >= 0.3 is 5.03 Å². The van der Waals surface area contributed by atoms with E-state index >= 15 is 0 Å². The molecule has 0 aliphatic carbocycles. The summed E-state index contributed by atoms with van der Waals surface area (Å²) in [6.45, 7) is 8.71. The van der Waals surface area contributed by atoms with Gasteiger partial charge in [0.2, 0.25) is 0 Å². The molecule has 0 aliphatic heterocycles. The third kappa shape index (κ3) is 2.67. The quantitative estimate of drug-likeness (QED) is 0.536. The van der Waals surface area contributed by atoms with Crippen LogP contribution in [0.4, 0.5) is 0 Å². The standard InChI is InChI=1S/C7H11N3O2S/c1-4-5-10(3)13(11,12)7(6-8)9-2/h8H,4-5H2,1,3H3. The molecule has 1 N–H and O–H groups in total. The van der Waals surface area contributed by atoms with Crippen molar-refractivity contribution in [2.24, 2.45) is 0 Å². The van der Waals surface area contributed by atoms with Gasteiger partial charge in [0.25, 0.3) is 10.0 Å². The molecule has 0 amide bonds. The van der Waals surface area contributed by atoms with Crippen LogP contribution in [0.15, 0.2) is 5.03 Å². The fourth-order valence-electron chi connectivity index (χ4n) is 0.733. The Morgan fingerprint density at radius 1 is 1.69 bits per heavy atom. The lowest BCUT2D eigenvalue weighted by Crippen LogP contribution is -2.28. The van der Waals surface area contributed by atoms with Crippen molar-refractivity contribution in [3.63, 3.8) is 0 Å². The SMILES string of the molecule is [C-]#[N+]C(=C=N)S(=O)(=O)N(C)CCC. The minimum Gasteiger partial charge on any atom is -0.270 e. The van der Waals surface area contributed by atoms with Crippen LogP contribution in [0, 0.1) is 12.0 Å². The number of nitrogens with one attached hydrogen (secondary N) is 1. The Hall–Kier alpha value is -1.15. The van der Waals surface area contributed by atoms with Gasteiger partial charge in [-0.25, -0.2) is 17.6 Å². The van der Waals surface area contributed by atoms with Gasteiger partial charge in [0.05, 0.1) is 6.57 Å². The molecule has 0 heterocycles. The van der Waals surface area contributed by atoms with Crippen molar-refractivity contribution in [2.75, 3.05) is 13.6 Å². The summed E-state index contributed by atoms with van der Waals surface area (Å²) in [5.74, 6) is 1.61. The van der Waals surface area contributed by atoms with Gasteiger partial charge in [-0.15, -0.1) is 0 Å². The molecule has 5 nitrogen and oxygen atoms in total. The number of nitrogens with zero attached hydrogens (tertiary/aromatic N) is 2. The molecule has 0 saturated heterocycles. The minimum atomic E-state index is -3.77. The first-order valence-corrected chi connectivity index (χ1v) is 5.08. The van der Waals surface area contributed by atoms with Gasteiger partial charge in [-0.05, 0) is 12.3 Å². The van der Waals surface area contributed by atoms with Crippen molar-refractivity contribution >= 4 is 15.9 Å². The predicted octanol–water partition coefficient (Wildman–Crippen LogP) is 0.667. The molecular weight excluding hydrogens is 190 g/mol. The summed E-state index contributed by atoms with van der Waals surface area (Å²) < 4.78 is 23.8. The smallest absolute Gasteiger partial charge is 0.270 e. The number of hydrogen-bond acceptors (Lipinski definition) is 3. The Morgan fingerprint density at radius 2 is 2.23 bits per heavy atom. The van der Waals surface area contributed by atoms with E-state index in [4.69, 9.17) is 12.0 Å². The zero-order valence-electron chi connectivity index (χ0n) is 7.53. The topological polar surface area (TPSA) is 65.6 Å². The Balaban J connectivity index is 5.01. The number of rotatable bonds is 4. The normalized spacial score (nSPS) is 10.6. The molecule has 0 aliphatic rings. The van der Waals surface area contributed by atoms with Crippen molar-refractivity contribution in [1.82, 2.24) is 4.31 Å². The summed E-state index contributed by atoms with van der Waals surface area (Å²) in [5, 5.41) is 5.97. The fourth-order valence-corrected chi connectivity index (χ4v) is 1.70. The number of hydrogen-bond donors (Lipinski definition) is 1. The summed E-state index contributed by atoms with van der Waals surface area (Å²) in [7, 11) is -2.39. The Kier molecular flexibility index (Phi) is 4.35. The first-order chi connectivity index (χ1) is 6.00. The lowest BCUT2D eigenvalue weighted by atomic mass is 10.5. The van der Waals surface area contributed by atoms with E-state index in [1.807, 2.05) is 6.92 Å². The highest BCUT2D eigenvalue weighted by Gasteiger charge is 2.23. The molecule has 0 aromatic rings. The monoisotopic (exact) mass is 201 g/mol. The maximum Gasteiger partial charge on any atom is 0.352 e. The van der Waals surface area contributed by atoms with Crippen molar-refractivity contribution in [3.8, 4) is 0 Å². The van der Waals surface area contributed by atoms with E-state index in [0.29, 0.717) is 13.0 Å². The minimum absolute atomic E-state index is 0.336. The fraction of sp³-hybridized carbons (Fsp3) is 0.571. The number of sulfonamides is 1. The average Bonchev–Trinajstić information content (AvgIpc) is 2.06. The highest BCUT2D eigenvalue weighted by Crippen LogP contribution is 2.09. The van der Waals surface area contributed by atoms with E-state index < -0.39 is 15.1 Å². The van der Waals surface area contributed by atoms with Crippen molar-refractivity contribution in [2.45, 2.75) is 13.3 Å². The zero-order chi connectivity index (χ0) is 10.5. The molecule has 0 radical (unpaired) electrons. The summed E-state index contributed by atoms with van der Waals surface area (Å²) in [6, 6.07) is 0. The zero-order valence-corrected chi connectivity index (χ0v) is 8.35. The second-order valence-corrected chi connectivity index (χ2v) is 4.33. The molecule has 0 unspecified atom stereocenters. The molecule has 72 valence electrons. The van der Waals surface area contributed by atoms with E-state index in [2.05, 4.69) is 4.85 Å². The molecule has 6 heteroatoms. The first-order valence-electron chi connectivity index (χ1n) is 3.64. The lowest BCUT2D eigenvalue weighted by Gasteiger charge is -2.13. The molecule has 0 spiro atoms. The van der Waals surface area contributed by atoms with Crippen LogP contribution in [0.5, 0.6) is 0 Å². The van der Waals surface area contributed by atoms with E-state index in [-0.39, 0.29) is 0 Å². The largest absolute Gasteiger partial charge is 0.352 e. The van der Waals surface area contributed by atoms with E-state index in [1.165, 1.54) is 7.05 Å². The predicted molar refractivity (Wildman–Crippen MR) is 49.7 cm³/mol. The van der Waals surface area contributed by atoms with Gasteiger partial charge < -0.3 is 0 Å². The lowest BCUT2D eigenvalue weighted by molar-refractivity contribution is 0.475. The summed E-state index contributed by atoms with van der Waals surface area (Å²) in [6.07, 6.45) is 0.666. The van der Waals surface area contributed by atoms with Crippen LogP contribution in [-0.4, -0.2) is 32.2 Å². The maximum atomic E-state index is 11.4. The second-order valence-electron chi connectivity index (χ2n) is 2.37. The molecule has 13 heavy (non-hydrogen) atoms. The second kappa shape index (κ2) is 4.77. The molecule has 0 rings (SSSR count). The van der Waals surface area contributed by atoms with Crippen LogP contribution < -0.4 is 0 Å². The van der Waals surface area contributed by atoms with Crippen molar-refractivity contribution in [1.29, 1.82) is 5.41 Å². The molecule has 0 fully saturated rings. The Bertz CT molecular complexity index is 360. The van der Waals surface area contributed by atoms with Crippen LogP contribution >= 0.6 is 0 Å². The van der Waals surface area contributed by atoms with E-state index in [1.54, 1.807) is 5.87 Å². The van der Waals surface area contributed by atoms with Crippen LogP contribution in [0.3, 0.4) is 0 Å². The van der Waals surface area contributed by atoms with Crippen molar-refractivity contribution in [3.05, 3.63) is 16.4 Å². The van der Waals surface area contributed by atoms with E-state index in [9.17, 15) is 8.42 Å². The van der Waals surface area contributed by atoms with Crippen LogP contribution in [0.25, 0.3) is 4.85 Å². The third-order valence-corrected chi connectivity index (χ3v) is 3.09. The highest BCUT2D eigenvalue weighted by atomic mass is 32.2. The molecule has 0 atom stereocenters. The summed E-state index contributed by atoms with van der Waals surface area (Å²) >= 11 is 0. The van der Waals surface area contributed by atoms with Gasteiger partial charge in [-0.2, -0.15) is 0 Å². The molecule has 0 bridgehead atoms. The first kappa shape index (κ1) is 11.8. The molecule has 0 saturated carbocycles. The van der Waals surface area contributed by atoms with E-state index in [0.717, 1.165) is 4.31 Å². The maximum absolute atomic E-state index is 11.4. The summed E-state index contributed by atoms with van der Waals surface area (Å²) in [5.41, 5.74) is 0. The van der Waals surface area contributed by atoms with Gasteiger partial charge in [0, 0.05) is 13.6 Å². The van der Waals surface area contributed by atoms with Crippen LogP contribution in [0.1, 0.15) is 13.3 Å². The third-order valence-electron chi connectivity index (χ3n) is 1.40. The Labute approximate surface area is 78.0 Å². The molecular formula is C7H11N3O2S. The average molecular weight is 201 g/mol. The van der Waals surface area contributed by atoms with Gasteiger partial charge in [-0.3, -0.25) is 5.41 Å².